The van der Waals surface area contributed by atoms with E-state index < -0.39 is 30.9 Å². The second-order valence-electron chi connectivity index (χ2n) is 2.98. The van der Waals surface area contributed by atoms with Crippen molar-refractivity contribution in [2.45, 2.75) is 19.5 Å². The molecule has 1 heterocycles. The molecule has 0 radical (unpaired) electrons. The van der Waals surface area contributed by atoms with Gasteiger partial charge < -0.3 is 5.11 Å². The Balaban J connectivity index is 2.64. The highest BCUT2D eigenvalue weighted by molar-refractivity contribution is 6.15. The predicted octanol–water partition coefficient (Wildman–Crippen LogP) is -0.0725. The van der Waals surface area contributed by atoms with Crippen molar-refractivity contribution < 1.29 is 23.5 Å². The van der Waals surface area contributed by atoms with E-state index in [0.29, 0.717) is 4.90 Å². The van der Waals surface area contributed by atoms with Crippen molar-refractivity contribution in [2.24, 2.45) is 0 Å². The number of nitrogens with zero attached hydrogens (tertiary/aromatic N) is 1. The van der Waals surface area contributed by atoms with Gasteiger partial charge in [-0.15, -0.1) is 0 Å². The lowest BCUT2D eigenvalue weighted by atomic mass is 10.3. The molecule has 0 bridgehead atoms. The van der Waals surface area contributed by atoms with Gasteiger partial charge in [0.1, 0.15) is 6.10 Å². The zero-order chi connectivity index (χ0) is 10.9. The molecule has 4 nitrogen and oxygen atoms in total. The Morgan fingerprint density at radius 1 is 1.50 bits per heavy atom. The van der Waals surface area contributed by atoms with Crippen LogP contribution in [0.2, 0.25) is 0 Å². The summed E-state index contributed by atoms with van der Waals surface area (Å²) in [4.78, 5) is 22.8. The minimum absolute atomic E-state index is 0.191. The quantitative estimate of drug-likeness (QED) is 0.656. The number of β-amino-alcohol motifs (C(OH)–C–C–N with tert-alkyl or cyclic N) is 1. The fourth-order valence-corrected chi connectivity index (χ4v) is 1.08. The Morgan fingerprint density at radius 2 is 2.07 bits per heavy atom. The number of hydrogen-bond acceptors (Lipinski definition) is 3. The molecule has 0 saturated carbocycles. The highest BCUT2D eigenvalue weighted by Gasteiger charge is 2.32. The van der Waals surface area contributed by atoms with Gasteiger partial charge in [-0.2, -0.15) is 0 Å². The first-order valence-corrected chi connectivity index (χ1v) is 3.94. The number of carbonyl (C=O) groups is 2. The molecular formula is C8H9F2NO3. The average Bonchev–Trinajstić information content (AvgIpc) is 2.32. The normalized spacial score (nSPS) is 19.2. The molecule has 78 valence electrons. The van der Waals surface area contributed by atoms with Crippen molar-refractivity contribution in [1.82, 2.24) is 4.90 Å². The molecule has 0 spiro atoms. The Morgan fingerprint density at radius 3 is 2.43 bits per heavy atom. The fraction of sp³-hybridized carbons (Fsp3) is 0.500. The van der Waals surface area contributed by atoms with E-state index in [-0.39, 0.29) is 5.57 Å². The smallest absolute Gasteiger partial charge is 0.265 e. The summed E-state index contributed by atoms with van der Waals surface area (Å²) in [5, 5.41) is 8.79. The number of alkyl halides is 2. The Hall–Kier alpha value is -1.30. The lowest BCUT2D eigenvalue weighted by molar-refractivity contribution is -0.140. The topological polar surface area (TPSA) is 57.6 Å². The van der Waals surface area contributed by atoms with Crippen molar-refractivity contribution in [2.75, 3.05) is 6.54 Å². The summed E-state index contributed by atoms with van der Waals surface area (Å²) in [6, 6.07) is 0. The third-order valence-electron chi connectivity index (χ3n) is 1.85. The SMILES string of the molecule is CC1=CC(=O)N(CC(O)C(F)F)C1=O. The average molecular weight is 205 g/mol. The summed E-state index contributed by atoms with van der Waals surface area (Å²) in [6.45, 7) is 0.748. The number of amides is 2. The molecule has 1 unspecified atom stereocenters. The monoisotopic (exact) mass is 205 g/mol. The van der Waals surface area contributed by atoms with E-state index in [1.165, 1.54) is 6.92 Å². The fourth-order valence-electron chi connectivity index (χ4n) is 1.08. The van der Waals surface area contributed by atoms with Gasteiger partial charge in [-0.25, -0.2) is 8.78 Å². The van der Waals surface area contributed by atoms with Gasteiger partial charge in [0.05, 0.1) is 6.54 Å². The molecule has 0 aromatic carbocycles. The molecule has 1 N–H and O–H groups in total. The van der Waals surface area contributed by atoms with Crippen LogP contribution < -0.4 is 0 Å². The van der Waals surface area contributed by atoms with Crippen molar-refractivity contribution >= 4 is 11.8 Å². The maximum absolute atomic E-state index is 11.9. The van der Waals surface area contributed by atoms with Gasteiger partial charge in [0, 0.05) is 11.6 Å². The zero-order valence-corrected chi connectivity index (χ0v) is 7.41. The van der Waals surface area contributed by atoms with Crippen molar-refractivity contribution in [3.8, 4) is 0 Å². The molecular weight excluding hydrogens is 196 g/mol. The van der Waals surface area contributed by atoms with Crippen LogP contribution in [0, 0.1) is 0 Å². The maximum Gasteiger partial charge on any atom is 0.265 e. The van der Waals surface area contributed by atoms with E-state index in [4.69, 9.17) is 5.11 Å². The lowest BCUT2D eigenvalue weighted by Crippen LogP contribution is -2.40. The van der Waals surface area contributed by atoms with E-state index in [2.05, 4.69) is 0 Å². The summed E-state index contributed by atoms with van der Waals surface area (Å²) in [6.07, 6.45) is -3.89. The summed E-state index contributed by atoms with van der Waals surface area (Å²) in [7, 11) is 0. The van der Waals surface area contributed by atoms with Gasteiger partial charge >= 0.3 is 0 Å². The van der Waals surface area contributed by atoms with Crippen LogP contribution in [0.1, 0.15) is 6.92 Å². The van der Waals surface area contributed by atoms with E-state index in [1.54, 1.807) is 0 Å². The minimum Gasteiger partial charge on any atom is -0.385 e. The highest BCUT2D eigenvalue weighted by atomic mass is 19.3. The molecule has 6 heteroatoms. The summed E-state index contributed by atoms with van der Waals surface area (Å²) in [5.41, 5.74) is 0.191. The van der Waals surface area contributed by atoms with Gasteiger partial charge in [-0.05, 0) is 6.92 Å². The maximum atomic E-state index is 11.9. The second-order valence-corrected chi connectivity index (χ2v) is 2.98. The first-order valence-electron chi connectivity index (χ1n) is 3.94. The van der Waals surface area contributed by atoms with Crippen LogP contribution in [0.3, 0.4) is 0 Å². The number of imide groups is 1. The van der Waals surface area contributed by atoms with Crippen molar-refractivity contribution in [1.29, 1.82) is 0 Å². The molecule has 2 amide bonds. The van der Waals surface area contributed by atoms with Gasteiger partial charge in [0.25, 0.3) is 18.2 Å². The first-order chi connectivity index (χ1) is 6.43. The van der Waals surface area contributed by atoms with Crippen molar-refractivity contribution in [3.63, 3.8) is 0 Å². The number of rotatable bonds is 3. The minimum atomic E-state index is -2.96. The van der Waals surface area contributed by atoms with Crippen LogP contribution in [0.15, 0.2) is 11.6 Å². The van der Waals surface area contributed by atoms with Crippen LogP contribution in [0.25, 0.3) is 0 Å². The molecule has 1 aliphatic rings. The van der Waals surface area contributed by atoms with Crippen LogP contribution in [0.5, 0.6) is 0 Å². The molecule has 0 aliphatic carbocycles. The van der Waals surface area contributed by atoms with E-state index in [9.17, 15) is 18.4 Å². The number of halogens is 2. The first kappa shape index (κ1) is 10.8. The number of aliphatic hydroxyl groups is 1. The summed E-state index contributed by atoms with van der Waals surface area (Å²) < 4.78 is 23.8. The molecule has 0 saturated heterocycles. The standard InChI is InChI=1S/C8H9F2NO3/c1-4-2-6(13)11(8(4)14)3-5(12)7(9)10/h2,5,7,12H,3H2,1H3. The number of hydrogen-bond donors (Lipinski definition) is 1. The predicted molar refractivity (Wildman–Crippen MR) is 42.5 cm³/mol. The largest absolute Gasteiger partial charge is 0.385 e. The third kappa shape index (κ3) is 1.95. The number of carbonyl (C=O) groups excluding carboxylic acids is 2. The Bertz CT molecular complexity index is 301. The van der Waals surface area contributed by atoms with Crippen LogP contribution in [-0.2, 0) is 9.59 Å². The van der Waals surface area contributed by atoms with Crippen LogP contribution in [-0.4, -0.2) is 40.9 Å². The van der Waals surface area contributed by atoms with Gasteiger partial charge in [0.15, 0.2) is 0 Å². The second kappa shape index (κ2) is 3.83. The summed E-state index contributed by atoms with van der Waals surface area (Å²) >= 11 is 0. The highest BCUT2D eigenvalue weighted by Crippen LogP contribution is 2.13. The molecule has 0 aromatic heterocycles. The summed E-state index contributed by atoms with van der Waals surface area (Å²) in [5.74, 6) is -1.29. The number of aliphatic hydroxyl groups excluding tert-OH is 1. The molecule has 14 heavy (non-hydrogen) atoms. The van der Waals surface area contributed by atoms with Gasteiger partial charge in [0.2, 0.25) is 0 Å². The molecule has 0 fully saturated rings. The van der Waals surface area contributed by atoms with E-state index in [0.717, 1.165) is 6.08 Å². The molecule has 1 aliphatic heterocycles. The Labute approximate surface area is 78.8 Å². The van der Waals surface area contributed by atoms with Crippen LogP contribution in [0.4, 0.5) is 8.78 Å². The molecule has 1 atom stereocenters. The Kier molecular flexibility index (Phi) is 2.95. The van der Waals surface area contributed by atoms with Crippen molar-refractivity contribution in [3.05, 3.63) is 11.6 Å². The van der Waals surface area contributed by atoms with Gasteiger partial charge in [-0.3, -0.25) is 14.5 Å². The zero-order valence-electron chi connectivity index (χ0n) is 7.41. The van der Waals surface area contributed by atoms with Crippen LogP contribution >= 0.6 is 0 Å². The third-order valence-corrected chi connectivity index (χ3v) is 1.85. The molecule has 1 rings (SSSR count). The van der Waals surface area contributed by atoms with E-state index in [1.807, 2.05) is 0 Å². The molecule has 0 aromatic rings. The van der Waals surface area contributed by atoms with Gasteiger partial charge in [-0.1, -0.05) is 0 Å². The van der Waals surface area contributed by atoms with E-state index >= 15 is 0 Å². The lowest BCUT2D eigenvalue weighted by Gasteiger charge is -2.17.